The van der Waals surface area contributed by atoms with Crippen molar-refractivity contribution in [3.05, 3.63) is 34.3 Å². The average molecular weight is 338 g/mol. The number of carbonyl (C=O) groups is 2. The number of ketones is 1. The lowest BCUT2D eigenvalue weighted by atomic mass is 9.97. The fourth-order valence-electron chi connectivity index (χ4n) is 2.44. The summed E-state index contributed by atoms with van der Waals surface area (Å²) in [4.78, 5) is 23.9. The van der Waals surface area contributed by atoms with Gasteiger partial charge in [-0.05, 0) is 57.6 Å². The molecule has 0 spiro atoms. The minimum atomic E-state index is -0.452. The Balaban J connectivity index is 1.82. The van der Waals surface area contributed by atoms with Crippen LogP contribution in [0.1, 0.15) is 68.3 Å². The van der Waals surface area contributed by atoms with Gasteiger partial charge >= 0.3 is 6.09 Å². The fourth-order valence-corrected chi connectivity index (χ4v) is 2.77. The van der Waals surface area contributed by atoms with Crippen LogP contribution in [-0.2, 0) is 4.74 Å². The molecule has 1 aromatic carbocycles. The number of amides is 1. The highest BCUT2D eigenvalue weighted by molar-refractivity contribution is 6.32. The summed E-state index contributed by atoms with van der Waals surface area (Å²) in [7, 11) is 0. The van der Waals surface area contributed by atoms with E-state index in [0.29, 0.717) is 23.8 Å². The Morgan fingerprint density at radius 2 is 2.00 bits per heavy atom. The molecule has 1 fully saturated rings. The van der Waals surface area contributed by atoms with Crippen molar-refractivity contribution in [2.75, 3.05) is 6.61 Å². The van der Waals surface area contributed by atoms with E-state index in [1.807, 2.05) is 39.0 Å². The van der Waals surface area contributed by atoms with Gasteiger partial charge in [0.25, 0.3) is 0 Å². The van der Waals surface area contributed by atoms with E-state index >= 15 is 0 Å². The number of Topliss-reactive ketones (excluding diaryl/α,β-unsaturated/α-hetero) is 1. The number of nitrogens with one attached hydrogen (secondary N) is 1. The molecule has 0 bridgehead atoms. The van der Waals surface area contributed by atoms with E-state index in [1.54, 1.807) is 0 Å². The van der Waals surface area contributed by atoms with Crippen molar-refractivity contribution in [1.29, 1.82) is 0 Å². The number of hydrogen-bond acceptors (Lipinski definition) is 3. The second-order valence-electron chi connectivity index (χ2n) is 7.01. The minimum Gasteiger partial charge on any atom is -0.450 e. The van der Waals surface area contributed by atoms with Crippen LogP contribution in [0, 0.1) is 0 Å². The smallest absolute Gasteiger partial charge is 0.407 e. The zero-order valence-corrected chi connectivity index (χ0v) is 14.7. The normalized spacial score (nSPS) is 14.4. The lowest BCUT2D eigenvalue weighted by Gasteiger charge is -2.19. The Kier molecular flexibility index (Phi) is 5.69. The molecule has 1 aromatic rings. The predicted molar refractivity (Wildman–Crippen MR) is 91.2 cm³/mol. The zero-order chi connectivity index (χ0) is 17.0. The lowest BCUT2D eigenvalue weighted by Crippen LogP contribution is -2.41. The van der Waals surface area contributed by atoms with Crippen molar-refractivity contribution in [2.24, 2.45) is 0 Å². The molecule has 4 nitrogen and oxygen atoms in total. The molecule has 0 aromatic heterocycles. The minimum absolute atomic E-state index is 0.0641. The third-order valence-corrected chi connectivity index (χ3v) is 3.93. The van der Waals surface area contributed by atoms with Crippen molar-refractivity contribution in [3.63, 3.8) is 0 Å². The van der Waals surface area contributed by atoms with Gasteiger partial charge in [-0.3, -0.25) is 4.79 Å². The molecule has 0 saturated heterocycles. The number of benzene rings is 1. The summed E-state index contributed by atoms with van der Waals surface area (Å²) in [6.45, 7) is 5.88. The summed E-state index contributed by atoms with van der Waals surface area (Å²) in [6, 6.07) is 5.50. The molecule has 5 heteroatoms. The Bertz CT molecular complexity index is 588. The van der Waals surface area contributed by atoms with Crippen LogP contribution in [0.2, 0.25) is 5.02 Å². The van der Waals surface area contributed by atoms with Crippen LogP contribution in [0.3, 0.4) is 0 Å². The molecule has 126 valence electrons. The van der Waals surface area contributed by atoms with E-state index in [2.05, 4.69) is 5.32 Å². The molecule has 1 N–H and O–H groups in total. The highest BCUT2D eigenvalue weighted by Gasteiger charge is 2.29. The molecule has 1 amide bonds. The van der Waals surface area contributed by atoms with Gasteiger partial charge in [0.05, 0.1) is 6.61 Å². The molecule has 1 saturated carbocycles. The van der Waals surface area contributed by atoms with Crippen LogP contribution >= 0.6 is 11.6 Å². The first-order valence-electron chi connectivity index (χ1n) is 8.04. The largest absolute Gasteiger partial charge is 0.450 e. The van der Waals surface area contributed by atoms with Gasteiger partial charge in [0.15, 0.2) is 5.78 Å². The highest BCUT2D eigenvalue weighted by atomic mass is 35.5. The molecule has 0 heterocycles. The van der Waals surface area contributed by atoms with Crippen molar-refractivity contribution in [3.8, 4) is 0 Å². The predicted octanol–water partition coefficient (Wildman–Crippen LogP) is 4.71. The van der Waals surface area contributed by atoms with Crippen molar-refractivity contribution in [2.45, 2.75) is 57.9 Å². The number of alkyl carbamates (subject to hydrolysis) is 1. The first-order chi connectivity index (χ1) is 10.8. The standard InChI is InChI=1S/C18H24ClNO3/c1-18(2,3)20-17(22)23-11-5-8-15(21)13-6-4-7-14(19)16(13)12-9-10-12/h4,6-7,12H,5,8-11H2,1-3H3,(H,20,22). The van der Waals surface area contributed by atoms with Crippen molar-refractivity contribution >= 4 is 23.5 Å². The molecule has 1 aliphatic rings. The third-order valence-electron chi connectivity index (χ3n) is 3.60. The average Bonchev–Trinajstić information content (AvgIpc) is 3.25. The molecule has 1 aliphatic carbocycles. The summed E-state index contributed by atoms with van der Waals surface area (Å²) in [5.74, 6) is 0.491. The Labute approximate surface area is 142 Å². The van der Waals surface area contributed by atoms with Crippen LogP contribution in [0.5, 0.6) is 0 Å². The van der Waals surface area contributed by atoms with Gasteiger partial charge in [0.1, 0.15) is 0 Å². The van der Waals surface area contributed by atoms with Crippen molar-refractivity contribution in [1.82, 2.24) is 5.32 Å². The maximum atomic E-state index is 12.4. The van der Waals surface area contributed by atoms with E-state index in [9.17, 15) is 9.59 Å². The summed E-state index contributed by atoms with van der Waals surface area (Å²) >= 11 is 6.24. The van der Waals surface area contributed by atoms with Crippen LogP contribution in [0.25, 0.3) is 0 Å². The first-order valence-corrected chi connectivity index (χ1v) is 8.42. The quantitative estimate of drug-likeness (QED) is 0.604. The summed E-state index contributed by atoms with van der Waals surface area (Å²) in [6.07, 6.45) is 2.60. The number of hydrogen-bond donors (Lipinski definition) is 1. The van der Waals surface area contributed by atoms with E-state index in [0.717, 1.165) is 24.0 Å². The molecule has 0 unspecified atom stereocenters. The van der Waals surface area contributed by atoms with Crippen LogP contribution < -0.4 is 5.32 Å². The summed E-state index contributed by atoms with van der Waals surface area (Å²) < 4.78 is 5.09. The van der Waals surface area contributed by atoms with E-state index < -0.39 is 6.09 Å². The molecule has 0 atom stereocenters. The van der Waals surface area contributed by atoms with Crippen LogP contribution in [0.15, 0.2) is 18.2 Å². The molecular formula is C18H24ClNO3. The number of halogens is 1. The second kappa shape index (κ2) is 7.35. The van der Waals surface area contributed by atoms with E-state index in [-0.39, 0.29) is 17.9 Å². The van der Waals surface area contributed by atoms with Gasteiger partial charge < -0.3 is 10.1 Å². The third kappa shape index (κ3) is 5.54. The fraction of sp³-hybridized carbons (Fsp3) is 0.556. The Morgan fingerprint density at radius 1 is 1.30 bits per heavy atom. The Hall–Kier alpha value is -1.55. The summed E-state index contributed by atoms with van der Waals surface area (Å²) in [5.41, 5.74) is 1.39. The van der Waals surface area contributed by atoms with Gasteiger partial charge in [-0.1, -0.05) is 23.7 Å². The topological polar surface area (TPSA) is 55.4 Å². The zero-order valence-electron chi connectivity index (χ0n) is 13.9. The van der Waals surface area contributed by atoms with Gasteiger partial charge in [0.2, 0.25) is 0 Å². The highest BCUT2D eigenvalue weighted by Crippen LogP contribution is 2.45. The second-order valence-corrected chi connectivity index (χ2v) is 7.42. The maximum Gasteiger partial charge on any atom is 0.407 e. The molecular weight excluding hydrogens is 314 g/mol. The SMILES string of the molecule is CC(C)(C)NC(=O)OCCCC(=O)c1cccc(Cl)c1C1CC1. The van der Waals surface area contributed by atoms with Gasteiger partial charge in [0, 0.05) is 22.5 Å². The number of rotatable bonds is 6. The molecule has 0 radical (unpaired) electrons. The molecule has 23 heavy (non-hydrogen) atoms. The van der Waals surface area contributed by atoms with Crippen molar-refractivity contribution < 1.29 is 14.3 Å². The monoisotopic (exact) mass is 337 g/mol. The molecule has 2 rings (SSSR count). The van der Waals surface area contributed by atoms with Gasteiger partial charge in [-0.15, -0.1) is 0 Å². The summed E-state index contributed by atoms with van der Waals surface area (Å²) in [5, 5.41) is 3.39. The van der Waals surface area contributed by atoms with Gasteiger partial charge in [-0.25, -0.2) is 4.79 Å². The van der Waals surface area contributed by atoms with Gasteiger partial charge in [-0.2, -0.15) is 0 Å². The number of ether oxygens (including phenoxy) is 1. The number of carbonyl (C=O) groups excluding carboxylic acids is 2. The Morgan fingerprint density at radius 3 is 2.61 bits per heavy atom. The van der Waals surface area contributed by atoms with E-state index in [1.165, 1.54) is 0 Å². The maximum absolute atomic E-state index is 12.4. The van der Waals surface area contributed by atoms with Crippen LogP contribution in [-0.4, -0.2) is 24.0 Å². The first kappa shape index (κ1) is 17.8. The lowest BCUT2D eigenvalue weighted by molar-refractivity contribution is 0.0955. The van der Waals surface area contributed by atoms with E-state index in [4.69, 9.17) is 16.3 Å². The van der Waals surface area contributed by atoms with Crippen LogP contribution in [0.4, 0.5) is 4.79 Å². The molecule has 0 aliphatic heterocycles.